The first-order chi connectivity index (χ1) is 12.7. The third kappa shape index (κ3) is 12.3. The summed E-state index contributed by atoms with van der Waals surface area (Å²) in [6.07, 6.45) is 21.5. The third-order valence-electron chi connectivity index (χ3n) is 5.36. The first kappa shape index (κ1) is 23.0. The van der Waals surface area contributed by atoms with Crippen LogP contribution < -0.4 is 0 Å². The van der Waals surface area contributed by atoms with Crippen LogP contribution in [0, 0.1) is 0 Å². The Morgan fingerprint density at radius 2 is 1.31 bits per heavy atom. The Bertz CT molecular complexity index is 382. The average molecular weight is 367 g/mol. The quantitative estimate of drug-likeness (QED) is 0.301. The van der Waals surface area contributed by atoms with Gasteiger partial charge in [-0.2, -0.15) is 0 Å². The summed E-state index contributed by atoms with van der Waals surface area (Å²) in [5.74, 6) is 0.262. The number of hydrogen-bond acceptors (Lipinski definition) is 3. The fourth-order valence-corrected chi connectivity index (χ4v) is 3.75. The Balaban J connectivity index is 1.80. The van der Waals surface area contributed by atoms with Gasteiger partial charge in [0.25, 0.3) is 0 Å². The largest absolute Gasteiger partial charge is 0.480 e. The van der Waals surface area contributed by atoms with Crippen molar-refractivity contribution in [2.45, 2.75) is 110 Å². The summed E-state index contributed by atoms with van der Waals surface area (Å²) in [6, 6.07) is 0. The normalized spacial score (nSPS) is 14.0. The smallest absolute Gasteiger partial charge is 0.323 e. The lowest BCUT2D eigenvalue weighted by Crippen LogP contribution is -2.32. The van der Waals surface area contributed by atoms with Crippen LogP contribution in [0.15, 0.2) is 4.99 Å². The van der Waals surface area contributed by atoms with Gasteiger partial charge in [0.1, 0.15) is 6.54 Å². The van der Waals surface area contributed by atoms with E-state index in [0.717, 1.165) is 31.8 Å². The maximum absolute atomic E-state index is 10.8. The van der Waals surface area contributed by atoms with Crippen LogP contribution in [0.25, 0.3) is 0 Å². The van der Waals surface area contributed by atoms with Gasteiger partial charge >= 0.3 is 5.97 Å². The predicted octanol–water partition coefficient (Wildman–Crippen LogP) is 6.05. The van der Waals surface area contributed by atoms with Gasteiger partial charge in [-0.3, -0.25) is 9.79 Å². The number of amidine groups is 1. The molecule has 1 aliphatic rings. The van der Waals surface area contributed by atoms with Gasteiger partial charge in [-0.15, -0.1) is 0 Å². The van der Waals surface area contributed by atoms with E-state index in [1.54, 1.807) is 0 Å². The molecule has 0 aromatic carbocycles. The van der Waals surface area contributed by atoms with Crippen LogP contribution in [0.1, 0.15) is 110 Å². The number of carboxylic acids is 1. The van der Waals surface area contributed by atoms with Crippen LogP contribution in [-0.4, -0.2) is 41.4 Å². The number of carbonyl (C=O) groups is 1. The van der Waals surface area contributed by atoms with Gasteiger partial charge in [0.15, 0.2) is 0 Å². The molecule has 1 heterocycles. The monoisotopic (exact) mass is 366 g/mol. The molecule has 0 radical (unpaired) electrons. The van der Waals surface area contributed by atoms with Gasteiger partial charge in [0.2, 0.25) is 0 Å². The molecular formula is C22H42N2O2. The molecular weight excluding hydrogens is 324 g/mol. The summed E-state index contributed by atoms with van der Waals surface area (Å²) in [4.78, 5) is 17.2. The van der Waals surface area contributed by atoms with E-state index in [-0.39, 0.29) is 6.54 Å². The van der Waals surface area contributed by atoms with Gasteiger partial charge in [-0.25, -0.2) is 0 Å². The second-order valence-corrected chi connectivity index (χ2v) is 7.81. The van der Waals surface area contributed by atoms with E-state index < -0.39 is 5.97 Å². The Labute approximate surface area is 161 Å². The van der Waals surface area contributed by atoms with E-state index in [2.05, 4.69) is 11.9 Å². The predicted molar refractivity (Wildman–Crippen MR) is 111 cm³/mol. The van der Waals surface area contributed by atoms with Crippen LogP contribution in [0.4, 0.5) is 0 Å². The Morgan fingerprint density at radius 3 is 1.77 bits per heavy atom. The molecule has 0 aromatic heterocycles. The second-order valence-electron chi connectivity index (χ2n) is 7.81. The maximum Gasteiger partial charge on any atom is 0.323 e. The van der Waals surface area contributed by atoms with Crippen molar-refractivity contribution in [3.63, 3.8) is 0 Å². The summed E-state index contributed by atoms with van der Waals surface area (Å²) in [5, 5.41) is 8.90. The number of nitrogens with zero attached hydrogens (tertiary/aromatic N) is 2. The van der Waals surface area contributed by atoms with Crippen LogP contribution in [0.3, 0.4) is 0 Å². The van der Waals surface area contributed by atoms with Crippen molar-refractivity contribution in [1.29, 1.82) is 0 Å². The van der Waals surface area contributed by atoms with E-state index in [0.29, 0.717) is 0 Å². The fourth-order valence-electron chi connectivity index (χ4n) is 3.75. The van der Waals surface area contributed by atoms with Crippen LogP contribution in [-0.2, 0) is 4.79 Å². The molecule has 26 heavy (non-hydrogen) atoms. The van der Waals surface area contributed by atoms with Crippen molar-refractivity contribution in [3.8, 4) is 0 Å². The van der Waals surface area contributed by atoms with Crippen molar-refractivity contribution < 1.29 is 9.90 Å². The highest BCUT2D eigenvalue weighted by molar-refractivity contribution is 5.86. The molecule has 0 amide bonds. The topological polar surface area (TPSA) is 52.9 Å². The summed E-state index contributed by atoms with van der Waals surface area (Å²) < 4.78 is 0. The molecule has 0 bridgehead atoms. The van der Waals surface area contributed by atoms with Gasteiger partial charge in [-0.05, 0) is 6.42 Å². The molecule has 0 spiro atoms. The van der Waals surface area contributed by atoms with Gasteiger partial charge in [0.05, 0.1) is 12.4 Å². The van der Waals surface area contributed by atoms with Crippen molar-refractivity contribution in [2.75, 3.05) is 19.6 Å². The number of hydrogen-bond donors (Lipinski definition) is 1. The number of unbranched alkanes of at least 4 members (excludes halogenated alkanes) is 14. The van der Waals surface area contributed by atoms with Crippen molar-refractivity contribution >= 4 is 11.8 Å². The van der Waals surface area contributed by atoms with Gasteiger partial charge in [-0.1, -0.05) is 96.8 Å². The fraction of sp³-hybridized carbons (Fsp3) is 0.909. The lowest BCUT2D eigenvalue weighted by atomic mass is 10.0. The van der Waals surface area contributed by atoms with E-state index in [1.807, 2.05) is 4.90 Å². The minimum atomic E-state index is -0.754. The molecule has 0 saturated heterocycles. The first-order valence-corrected chi connectivity index (χ1v) is 11.2. The number of carboxylic acid groups (broad SMARTS) is 1. The molecule has 0 aliphatic carbocycles. The molecule has 0 atom stereocenters. The number of aliphatic carboxylic acids is 1. The molecule has 1 N–H and O–H groups in total. The van der Waals surface area contributed by atoms with Crippen molar-refractivity contribution in [3.05, 3.63) is 0 Å². The lowest BCUT2D eigenvalue weighted by molar-refractivity contribution is -0.137. The molecule has 0 unspecified atom stereocenters. The molecule has 0 aromatic rings. The van der Waals surface area contributed by atoms with Crippen molar-refractivity contribution in [1.82, 2.24) is 4.90 Å². The zero-order valence-corrected chi connectivity index (χ0v) is 17.2. The number of rotatable bonds is 18. The van der Waals surface area contributed by atoms with Crippen LogP contribution in [0.5, 0.6) is 0 Å². The maximum atomic E-state index is 10.8. The molecule has 1 aliphatic heterocycles. The SMILES string of the molecule is CCCCCCCCCCCCCCCCCC1=NCCN1CC(=O)O. The summed E-state index contributed by atoms with van der Waals surface area (Å²) in [7, 11) is 0. The van der Waals surface area contributed by atoms with E-state index in [1.165, 1.54) is 89.9 Å². The van der Waals surface area contributed by atoms with Crippen LogP contribution in [0.2, 0.25) is 0 Å². The zero-order chi connectivity index (χ0) is 18.9. The van der Waals surface area contributed by atoms with Gasteiger partial charge in [0, 0.05) is 13.0 Å². The molecule has 0 fully saturated rings. The first-order valence-electron chi connectivity index (χ1n) is 11.2. The van der Waals surface area contributed by atoms with Gasteiger partial charge < -0.3 is 10.0 Å². The Kier molecular flexibility index (Phi) is 14.3. The van der Waals surface area contributed by atoms with Crippen LogP contribution >= 0.6 is 0 Å². The molecule has 152 valence electrons. The average Bonchev–Trinajstić information content (AvgIpc) is 3.04. The minimum Gasteiger partial charge on any atom is -0.480 e. The summed E-state index contributed by atoms with van der Waals surface area (Å²) >= 11 is 0. The Hall–Kier alpha value is -1.06. The Morgan fingerprint density at radius 1 is 0.846 bits per heavy atom. The highest BCUT2D eigenvalue weighted by atomic mass is 16.4. The zero-order valence-electron chi connectivity index (χ0n) is 17.2. The molecule has 1 rings (SSSR count). The minimum absolute atomic E-state index is 0.109. The molecule has 4 nitrogen and oxygen atoms in total. The summed E-state index contributed by atoms with van der Waals surface area (Å²) in [5.41, 5.74) is 0. The molecule has 0 saturated carbocycles. The van der Waals surface area contributed by atoms with E-state index in [9.17, 15) is 4.79 Å². The standard InChI is InChI=1S/C22H42N2O2/c1-2-3-4-5-6-7-8-9-10-11-12-13-14-15-16-17-21-23-18-19-24(21)20-22(25)26/h2-20H2,1H3,(H,25,26). The number of aliphatic imine (C=N–C) groups is 1. The molecule has 4 heteroatoms. The highest BCUT2D eigenvalue weighted by Gasteiger charge is 2.18. The summed E-state index contributed by atoms with van der Waals surface area (Å²) in [6.45, 7) is 3.93. The van der Waals surface area contributed by atoms with Crippen molar-refractivity contribution in [2.24, 2.45) is 4.99 Å². The van der Waals surface area contributed by atoms with E-state index >= 15 is 0 Å². The second kappa shape index (κ2) is 16.1. The van der Waals surface area contributed by atoms with E-state index in [4.69, 9.17) is 5.11 Å². The third-order valence-corrected chi connectivity index (χ3v) is 5.36. The lowest BCUT2D eigenvalue weighted by Gasteiger charge is -2.17. The highest BCUT2D eigenvalue weighted by Crippen LogP contribution is 2.15.